The molecule has 0 aromatic heterocycles. The Morgan fingerprint density at radius 3 is 1.00 bits per heavy atom. The van der Waals surface area contributed by atoms with Crippen molar-refractivity contribution >= 4 is 37.8 Å². The van der Waals surface area contributed by atoms with E-state index in [1.807, 2.05) is 36.4 Å². The molecule has 0 saturated carbocycles. The molecule has 0 aliphatic heterocycles. The Bertz CT molecular complexity index is 150. The molecule has 0 heterocycles. The van der Waals surface area contributed by atoms with Gasteiger partial charge in [-0.25, -0.2) is 0 Å². The average molecular weight is 184 g/mol. The van der Waals surface area contributed by atoms with E-state index < -0.39 is 8.25 Å². The van der Waals surface area contributed by atoms with Gasteiger partial charge >= 0.3 is 37.8 Å². The van der Waals surface area contributed by atoms with Crippen LogP contribution in [0, 0.1) is 0 Å². The summed E-state index contributed by atoms with van der Waals surface area (Å²) in [5.74, 6) is 0. The first-order chi connectivity index (χ1) is 4.73. The third-order valence-electron chi connectivity index (χ3n) is 0.667. The van der Waals surface area contributed by atoms with Gasteiger partial charge in [-0.2, -0.15) is 0 Å². The molecule has 58 valence electrons. The van der Waals surface area contributed by atoms with Crippen molar-refractivity contribution in [1.29, 1.82) is 0 Å². The molecule has 3 nitrogen and oxygen atoms in total. The maximum absolute atomic E-state index is 8.74. The van der Waals surface area contributed by atoms with Gasteiger partial charge in [0, 0.05) is 0 Å². The molecule has 1 aromatic rings. The fourth-order valence-corrected chi connectivity index (χ4v) is 0.385. The Balaban J connectivity index is 0. The zero-order valence-corrected chi connectivity index (χ0v) is 6.27. The van der Waals surface area contributed by atoms with Crippen LogP contribution in [-0.4, -0.2) is 39.3 Å². The van der Waals surface area contributed by atoms with E-state index in [0.717, 1.165) is 0 Å². The summed E-state index contributed by atoms with van der Waals surface area (Å²) in [5.41, 5.74) is 0. The van der Waals surface area contributed by atoms with E-state index >= 15 is 0 Å². The molecule has 0 fully saturated rings. The van der Waals surface area contributed by atoms with E-state index in [9.17, 15) is 0 Å². The molecule has 0 atom stereocenters. The van der Waals surface area contributed by atoms with Gasteiger partial charge in [0.2, 0.25) is 0 Å². The Kier molecular flexibility index (Phi) is 13.1. The number of hydrogen-bond acceptors (Lipinski definition) is 1. The molecule has 1 rings (SSSR count). The SMILES string of the molecule is O=[PH](O)O.[NaH].c1ccccc1. The third-order valence-corrected chi connectivity index (χ3v) is 0.667. The minimum absolute atomic E-state index is 0. The molecule has 2 N–H and O–H groups in total. The molecule has 0 radical (unpaired) electrons. The summed E-state index contributed by atoms with van der Waals surface area (Å²) in [7, 11) is -3.13. The van der Waals surface area contributed by atoms with Crippen molar-refractivity contribution in [1.82, 2.24) is 0 Å². The van der Waals surface area contributed by atoms with Crippen molar-refractivity contribution in [3.8, 4) is 0 Å². The third kappa shape index (κ3) is 17.9. The number of hydrogen-bond donors (Lipinski definition) is 2. The topological polar surface area (TPSA) is 57.5 Å². The molecule has 0 aliphatic rings. The van der Waals surface area contributed by atoms with E-state index in [2.05, 4.69) is 0 Å². The predicted octanol–water partition coefficient (Wildman–Crippen LogP) is 0.399. The van der Waals surface area contributed by atoms with Crippen LogP contribution in [-0.2, 0) is 4.57 Å². The minimum Gasteiger partial charge on any atom is -0.0623 e. The molecule has 0 aliphatic carbocycles. The van der Waals surface area contributed by atoms with E-state index in [0.29, 0.717) is 0 Å². The van der Waals surface area contributed by atoms with Crippen LogP contribution < -0.4 is 0 Å². The molecule has 0 amide bonds. The molecule has 11 heavy (non-hydrogen) atoms. The van der Waals surface area contributed by atoms with Crippen molar-refractivity contribution < 1.29 is 14.4 Å². The summed E-state index contributed by atoms with van der Waals surface area (Å²) < 4.78 is 8.74. The van der Waals surface area contributed by atoms with Crippen LogP contribution in [0.5, 0.6) is 0 Å². The zero-order valence-electron chi connectivity index (χ0n) is 5.27. The van der Waals surface area contributed by atoms with Gasteiger partial charge in [0.15, 0.2) is 0 Å². The Labute approximate surface area is 88.3 Å². The van der Waals surface area contributed by atoms with Gasteiger partial charge < -0.3 is 9.79 Å². The standard InChI is InChI=1S/C6H6.Na.H3O3P.H/c1-2-4-6-5-3-1;;1-4(2)3;/h1-6H;;4H,(H2,1,2,3);. The number of benzene rings is 1. The maximum Gasteiger partial charge on any atom is -0.0623 e. The van der Waals surface area contributed by atoms with Gasteiger partial charge in [-0.05, 0) is 0 Å². The van der Waals surface area contributed by atoms with Gasteiger partial charge in [-0.15, -0.1) is 0 Å². The Morgan fingerprint density at radius 1 is 0.818 bits per heavy atom. The summed E-state index contributed by atoms with van der Waals surface area (Å²) in [6.07, 6.45) is 0. The molecule has 0 bridgehead atoms. The van der Waals surface area contributed by atoms with Gasteiger partial charge in [0.1, 0.15) is 0 Å². The average Bonchev–Trinajstić information content (AvgIpc) is 1.90. The van der Waals surface area contributed by atoms with Crippen LogP contribution in [0.1, 0.15) is 0 Å². The second-order valence-electron chi connectivity index (χ2n) is 1.44. The maximum atomic E-state index is 8.74. The summed E-state index contributed by atoms with van der Waals surface area (Å²) in [5, 5.41) is 0. The van der Waals surface area contributed by atoms with Gasteiger partial charge in [0.25, 0.3) is 0 Å². The van der Waals surface area contributed by atoms with Gasteiger partial charge in [-0.1, -0.05) is 36.4 Å². The van der Waals surface area contributed by atoms with Crippen molar-refractivity contribution in [3.05, 3.63) is 36.4 Å². The van der Waals surface area contributed by atoms with Crippen molar-refractivity contribution in [3.63, 3.8) is 0 Å². The van der Waals surface area contributed by atoms with E-state index in [1.54, 1.807) is 0 Å². The van der Waals surface area contributed by atoms with Crippen molar-refractivity contribution in [2.24, 2.45) is 0 Å². The van der Waals surface area contributed by atoms with E-state index in [1.165, 1.54) is 0 Å². The fraction of sp³-hybridized carbons (Fsp3) is 0. The monoisotopic (exact) mass is 184 g/mol. The molecule has 0 unspecified atom stereocenters. The predicted molar refractivity (Wildman–Crippen MR) is 47.0 cm³/mol. The summed E-state index contributed by atoms with van der Waals surface area (Å²) >= 11 is 0. The quantitative estimate of drug-likeness (QED) is 0.453. The van der Waals surface area contributed by atoms with E-state index in [-0.39, 0.29) is 29.6 Å². The molecular weight excluding hydrogens is 174 g/mol. The molecular formula is C6H10NaO3P. The normalized spacial score (nSPS) is 7.55. The van der Waals surface area contributed by atoms with Crippen LogP contribution in [0.15, 0.2) is 36.4 Å². The Morgan fingerprint density at radius 2 is 0.909 bits per heavy atom. The Hall–Kier alpha value is 0.370. The first-order valence-corrected chi connectivity index (χ1v) is 3.95. The second kappa shape index (κ2) is 10.4. The van der Waals surface area contributed by atoms with Gasteiger partial charge in [0.05, 0.1) is 0 Å². The summed E-state index contributed by atoms with van der Waals surface area (Å²) in [6.45, 7) is 0. The van der Waals surface area contributed by atoms with E-state index in [4.69, 9.17) is 14.4 Å². The van der Waals surface area contributed by atoms with Crippen LogP contribution >= 0.6 is 8.25 Å². The molecule has 0 spiro atoms. The smallest absolute Gasteiger partial charge is 0.0623 e. The molecule has 0 saturated heterocycles. The molecule has 1 aromatic carbocycles. The van der Waals surface area contributed by atoms with Crippen LogP contribution in [0.4, 0.5) is 0 Å². The van der Waals surface area contributed by atoms with Crippen molar-refractivity contribution in [2.75, 3.05) is 0 Å². The van der Waals surface area contributed by atoms with Crippen molar-refractivity contribution in [2.45, 2.75) is 0 Å². The summed E-state index contributed by atoms with van der Waals surface area (Å²) in [4.78, 5) is 14.3. The summed E-state index contributed by atoms with van der Waals surface area (Å²) in [6, 6.07) is 12.0. The van der Waals surface area contributed by atoms with Crippen LogP contribution in [0.25, 0.3) is 0 Å². The first-order valence-electron chi connectivity index (χ1n) is 2.65. The fourth-order valence-electron chi connectivity index (χ4n) is 0.385. The largest absolute Gasteiger partial charge is 0.0623 e. The van der Waals surface area contributed by atoms with Crippen LogP contribution in [0.2, 0.25) is 0 Å². The van der Waals surface area contributed by atoms with Gasteiger partial charge in [-0.3, -0.25) is 4.57 Å². The molecule has 5 heteroatoms. The minimum atomic E-state index is -3.13. The second-order valence-corrected chi connectivity index (χ2v) is 2.00. The zero-order chi connectivity index (χ0) is 7.82. The number of rotatable bonds is 0. The first kappa shape index (κ1) is 13.9. The van der Waals surface area contributed by atoms with Crippen LogP contribution in [0.3, 0.4) is 0 Å².